The Labute approximate surface area is 90.0 Å². The van der Waals surface area contributed by atoms with Crippen molar-refractivity contribution in [2.45, 2.75) is 0 Å². The molecule has 0 atom stereocenters. The van der Waals surface area contributed by atoms with E-state index in [0.717, 1.165) is 0 Å². The fourth-order valence-electron chi connectivity index (χ4n) is 0.553. The molecule has 14 heavy (non-hydrogen) atoms. The molecule has 2 rings (SSSR count). The third kappa shape index (κ3) is 3.54. The van der Waals surface area contributed by atoms with Crippen molar-refractivity contribution in [1.82, 2.24) is 30.2 Å². The fourth-order valence-corrected chi connectivity index (χ4v) is 0.763. The third-order valence-electron chi connectivity index (χ3n) is 1.20. The van der Waals surface area contributed by atoms with Crippen molar-refractivity contribution in [2.24, 2.45) is 7.05 Å². The van der Waals surface area contributed by atoms with E-state index in [1.54, 1.807) is 30.2 Å². The number of nitrogens with one attached hydrogen (secondary N) is 2. The molecule has 2 aromatic heterocycles. The first-order valence-electron chi connectivity index (χ1n) is 3.64. The molecule has 0 aliphatic heterocycles. The Morgan fingerprint density at radius 2 is 2.21 bits per heavy atom. The summed E-state index contributed by atoms with van der Waals surface area (Å²) in [5, 5.41) is 9.41. The second kappa shape index (κ2) is 5.35. The number of H-pyrrole nitrogens is 2. The van der Waals surface area contributed by atoms with Crippen molar-refractivity contribution >= 4 is 24.4 Å². The van der Waals surface area contributed by atoms with E-state index in [4.69, 9.17) is 0 Å². The molecule has 0 aromatic carbocycles. The van der Waals surface area contributed by atoms with Crippen LogP contribution in [0.25, 0.3) is 0 Å². The first-order valence-corrected chi connectivity index (χ1v) is 4.45. The Hall–Kier alpha value is -1.41. The molecule has 0 fully saturated rings. The van der Waals surface area contributed by atoms with Crippen LogP contribution in [-0.4, -0.2) is 30.2 Å². The molecule has 0 spiro atoms. The summed E-state index contributed by atoms with van der Waals surface area (Å²) in [7, 11) is 1.75. The molecule has 2 heterocycles. The van der Waals surface area contributed by atoms with E-state index >= 15 is 0 Å². The van der Waals surface area contributed by atoms with Crippen molar-refractivity contribution in [1.29, 1.82) is 0 Å². The summed E-state index contributed by atoms with van der Waals surface area (Å²) in [4.78, 5) is 6.47. The zero-order valence-electron chi connectivity index (χ0n) is 7.34. The summed E-state index contributed by atoms with van der Waals surface area (Å²) in [5.74, 6) is 0. The van der Waals surface area contributed by atoms with E-state index in [0.29, 0.717) is 9.54 Å². The number of tetrazole rings is 1. The van der Waals surface area contributed by atoms with Gasteiger partial charge in [-0.3, -0.25) is 0 Å². The minimum absolute atomic E-state index is 0.472. The van der Waals surface area contributed by atoms with Crippen LogP contribution in [0.4, 0.5) is 0 Å². The molecular weight excluding hydrogens is 220 g/mol. The Bertz CT molecular complexity index is 466. The monoisotopic (exact) mass is 228 g/mol. The van der Waals surface area contributed by atoms with Crippen LogP contribution >= 0.6 is 24.4 Å². The fraction of sp³-hybridized carbons (Fsp3) is 0.167. The second-order valence-electron chi connectivity index (χ2n) is 2.23. The highest BCUT2D eigenvalue weighted by atomic mass is 32.1. The van der Waals surface area contributed by atoms with Gasteiger partial charge < -0.3 is 4.98 Å². The van der Waals surface area contributed by atoms with Gasteiger partial charge >= 0.3 is 0 Å². The van der Waals surface area contributed by atoms with Gasteiger partial charge in [0.05, 0.1) is 0 Å². The zero-order valence-corrected chi connectivity index (χ0v) is 8.97. The van der Waals surface area contributed by atoms with Gasteiger partial charge in [0.15, 0.2) is 4.77 Å². The maximum absolute atomic E-state index is 4.65. The van der Waals surface area contributed by atoms with Gasteiger partial charge in [0.2, 0.25) is 4.77 Å². The van der Waals surface area contributed by atoms with Gasteiger partial charge in [0, 0.05) is 19.4 Å². The van der Waals surface area contributed by atoms with Gasteiger partial charge in [-0.25, -0.2) is 9.67 Å². The van der Waals surface area contributed by atoms with E-state index in [1.807, 2.05) is 0 Å². The maximum Gasteiger partial charge on any atom is 0.237 e. The van der Waals surface area contributed by atoms with E-state index in [2.05, 4.69) is 49.9 Å². The largest absolute Gasteiger partial charge is 0.337 e. The van der Waals surface area contributed by atoms with Gasteiger partial charge in [0.25, 0.3) is 0 Å². The van der Waals surface area contributed by atoms with E-state index in [1.165, 1.54) is 0 Å². The molecular formula is C6H8N6S2. The van der Waals surface area contributed by atoms with Crippen molar-refractivity contribution in [3.05, 3.63) is 28.0 Å². The topological polar surface area (TPSA) is 75.2 Å². The molecule has 6 nitrogen and oxygen atoms in total. The molecule has 0 amide bonds. The van der Waals surface area contributed by atoms with Gasteiger partial charge in [-0.2, -0.15) is 5.21 Å². The number of aromatic nitrogens is 6. The van der Waals surface area contributed by atoms with Crippen LogP contribution in [0.2, 0.25) is 0 Å². The summed E-state index contributed by atoms with van der Waals surface area (Å²) < 4.78 is 2.55. The molecule has 8 heteroatoms. The van der Waals surface area contributed by atoms with Crippen molar-refractivity contribution in [2.75, 3.05) is 0 Å². The van der Waals surface area contributed by atoms with E-state index in [-0.39, 0.29) is 0 Å². The predicted octanol–water partition coefficient (Wildman–Crippen LogP) is 1.01. The highest BCUT2D eigenvalue weighted by molar-refractivity contribution is 7.71. The molecule has 0 unspecified atom stereocenters. The normalized spacial score (nSPS) is 8.93. The Morgan fingerprint density at radius 3 is 2.43 bits per heavy atom. The molecule has 0 aliphatic rings. The van der Waals surface area contributed by atoms with Crippen LogP contribution < -0.4 is 0 Å². The van der Waals surface area contributed by atoms with Gasteiger partial charge in [-0.1, -0.05) is 10.3 Å². The van der Waals surface area contributed by atoms with Crippen LogP contribution in [0.15, 0.2) is 18.5 Å². The van der Waals surface area contributed by atoms with Crippen molar-refractivity contribution < 1.29 is 0 Å². The minimum atomic E-state index is 0.472. The summed E-state index contributed by atoms with van der Waals surface area (Å²) in [6.07, 6.45) is 3.40. The first kappa shape index (κ1) is 10.7. The maximum atomic E-state index is 4.65. The molecule has 2 aromatic rings. The summed E-state index contributed by atoms with van der Waals surface area (Å²) >= 11 is 9.29. The quantitative estimate of drug-likeness (QED) is 0.658. The predicted molar refractivity (Wildman–Crippen MR) is 55.6 cm³/mol. The van der Waals surface area contributed by atoms with Gasteiger partial charge in [-0.05, 0) is 30.5 Å². The van der Waals surface area contributed by atoms with Crippen molar-refractivity contribution in [3.8, 4) is 0 Å². The highest BCUT2D eigenvalue weighted by Gasteiger charge is 1.79. The summed E-state index contributed by atoms with van der Waals surface area (Å²) in [5.41, 5.74) is 0. The molecule has 0 bridgehead atoms. The Morgan fingerprint density at radius 1 is 1.43 bits per heavy atom. The van der Waals surface area contributed by atoms with Crippen LogP contribution in [0.1, 0.15) is 0 Å². The van der Waals surface area contributed by atoms with Crippen LogP contribution in [0.5, 0.6) is 0 Å². The van der Waals surface area contributed by atoms with Crippen LogP contribution in [0.3, 0.4) is 0 Å². The first-order chi connectivity index (χ1) is 6.70. The van der Waals surface area contributed by atoms with Crippen LogP contribution in [-0.2, 0) is 7.05 Å². The smallest absolute Gasteiger partial charge is 0.237 e. The lowest BCUT2D eigenvalue weighted by atomic mass is 10.7. The number of aryl methyl sites for hydroxylation is 1. The molecule has 2 N–H and O–H groups in total. The average Bonchev–Trinajstić information content (AvgIpc) is 2.53. The summed E-state index contributed by atoms with van der Waals surface area (Å²) in [6.45, 7) is 0. The Kier molecular flexibility index (Phi) is 4.08. The van der Waals surface area contributed by atoms with Crippen molar-refractivity contribution in [3.63, 3.8) is 0 Å². The number of rotatable bonds is 0. The lowest BCUT2D eigenvalue weighted by Gasteiger charge is -1.77. The minimum Gasteiger partial charge on any atom is -0.337 e. The SMILES string of the molecule is Cn1[nH]nnc1=S.S=c1nccc[nH]1. The number of hydrogen-bond acceptors (Lipinski definition) is 5. The second-order valence-corrected chi connectivity index (χ2v) is 2.98. The van der Waals surface area contributed by atoms with Gasteiger partial charge in [-0.15, -0.1) is 0 Å². The van der Waals surface area contributed by atoms with E-state index in [9.17, 15) is 0 Å². The molecule has 0 saturated heterocycles. The standard InChI is InChI=1S/C4H4N2S.C2H4N4S/c7-4-5-2-1-3-6-4;1-6-2(7)3-4-5-6/h1-3H,(H,5,6,7);1H3,(H,3,5,7). The van der Waals surface area contributed by atoms with E-state index < -0.39 is 0 Å². The number of nitrogens with zero attached hydrogens (tertiary/aromatic N) is 4. The average molecular weight is 228 g/mol. The molecule has 74 valence electrons. The Balaban J connectivity index is 0.000000140. The molecule has 0 aliphatic carbocycles. The molecule has 0 radical (unpaired) electrons. The number of aromatic amines is 2. The molecule has 0 saturated carbocycles. The summed E-state index contributed by atoms with van der Waals surface area (Å²) in [6, 6.07) is 1.79. The lowest BCUT2D eigenvalue weighted by Crippen LogP contribution is -1.88. The van der Waals surface area contributed by atoms with Crippen LogP contribution in [0, 0.1) is 9.54 Å². The number of hydrogen-bond donors (Lipinski definition) is 2. The van der Waals surface area contributed by atoms with Gasteiger partial charge in [0.1, 0.15) is 0 Å². The lowest BCUT2D eigenvalue weighted by molar-refractivity contribution is 0.705. The highest BCUT2D eigenvalue weighted by Crippen LogP contribution is 1.73. The third-order valence-corrected chi connectivity index (χ3v) is 1.78. The zero-order chi connectivity index (χ0) is 10.4.